The van der Waals surface area contributed by atoms with Crippen LogP contribution in [0.3, 0.4) is 0 Å². The van der Waals surface area contributed by atoms with Gasteiger partial charge in [-0.3, -0.25) is 4.79 Å². The van der Waals surface area contributed by atoms with Crippen molar-refractivity contribution in [3.63, 3.8) is 0 Å². The van der Waals surface area contributed by atoms with Crippen molar-refractivity contribution in [3.8, 4) is 11.5 Å². The van der Waals surface area contributed by atoms with Gasteiger partial charge >= 0.3 is 0 Å². The molecule has 1 aliphatic heterocycles. The van der Waals surface area contributed by atoms with Gasteiger partial charge in [-0.25, -0.2) is 9.82 Å². The Hall–Kier alpha value is -2.41. The van der Waals surface area contributed by atoms with E-state index in [-0.39, 0.29) is 12.2 Å². The molecular weight excluding hydrogens is 367 g/mol. The Morgan fingerprint density at radius 1 is 1.30 bits per heavy atom. The number of hydrogen-bond donors (Lipinski definition) is 1. The van der Waals surface area contributed by atoms with E-state index in [0.29, 0.717) is 16.0 Å². The summed E-state index contributed by atoms with van der Waals surface area (Å²) in [5.41, 5.74) is 2.58. The van der Waals surface area contributed by atoms with Gasteiger partial charge in [-0.2, -0.15) is 5.10 Å². The Bertz CT molecular complexity index is 767. The van der Waals surface area contributed by atoms with E-state index >= 15 is 0 Å². The molecule has 3 rings (SSSR count). The Morgan fingerprint density at radius 2 is 2.09 bits per heavy atom. The van der Waals surface area contributed by atoms with Crippen molar-refractivity contribution >= 4 is 28.1 Å². The van der Waals surface area contributed by atoms with Crippen LogP contribution in [0.25, 0.3) is 0 Å². The molecule has 2 aromatic rings. The smallest absolute Gasteiger partial charge is 0.284 e. The van der Waals surface area contributed by atoms with E-state index in [1.54, 1.807) is 30.3 Å². The second-order valence-electron chi connectivity index (χ2n) is 4.76. The van der Waals surface area contributed by atoms with Crippen LogP contribution in [0.2, 0.25) is 0 Å². The van der Waals surface area contributed by atoms with Gasteiger partial charge in [0.25, 0.3) is 5.91 Å². The van der Waals surface area contributed by atoms with E-state index in [2.05, 4.69) is 26.5 Å². The first-order chi connectivity index (χ1) is 11.1. The number of hydrogen-bond acceptors (Lipinski definition) is 4. The third-order valence-corrected chi connectivity index (χ3v) is 3.64. The Morgan fingerprint density at radius 3 is 2.87 bits per heavy atom. The molecular formula is C16H12BrFN2O3. The molecule has 2 aromatic carbocycles. The Balaban J connectivity index is 1.61. The molecule has 1 amide bonds. The number of para-hydroxylation sites is 2. The predicted octanol–water partition coefficient (Wildman–Crippen LogP) is 2.88. The van der Waals surface area contributed by atoms with Crippen LogP contribution in [-0.2, 0) is 4.79 Å². The maximum absolute atomic E-state index is 13.6. The van der Waals surface area contributed by atoms with Crippen molar-refractivity contribution in [2.75, 3.05) is 6.61 Å². The third kappa shape index (κ3) is 3.68. The lowest BCUT2D eigenvalue weighted by atomic mass is 10.2. The van der Waals surface area contributed by atoms with Crippen LogP contribution in [0.5, 0.6) is 11.5 Å². The summed E-state index contributed by atoms with van der Waals surface area (Å²) < 4.78 is 25.2. The zero-order valence-corrected chi connectivity index (χ0v) is 13.4. The molecule has 0 radical (unpaired) electrons. The maximum atomic E-state index is 13.6. The van der Waals surface area contributed by atoms with Crippen LogP contribution in [-0.4, -0.2) is 24.8 Å². The average molecular weight is 379 g/mol. The number of halogens is 2. The van der Waals surface area contributed by atoms with Gasteiger partial charge in [0, 0.05) is 10.0 Å². The van der Waals surface area contributed by atoms with Gasteiger partial charge < -0.3 is 9.47 Å². The average Bonchev–Trinajstić information content (AvgIpc) is 2.56. The van der Waals surface area contributed by atoms with Gasteiger partial charge in [0.1, 0.15) is 12.4 Å². The second-order valence-corrected chi connectivity index (χ2v) is 5.68. The molecule has 0 saturated heterocycles. The number of rotatable bonds is 3. The van der Waals surface area contributed by atoms with Crippen molar-refractivity contribution in [1.82, 2.24) is 5.43 Å². The lowest BCUT2D eigenvalue weighted by Crippen LogP contribution is -2.42. The van der Waals surface area contributed by atoms with Crippen molar-refractivity contribution in [2.45, 2.75) is 6.10 Å². The summed E-state index contributed by atoms with van der Waals surface area (Å²) in [6.07, 6.45) is 0.425. The van der Waals surface area contributed by atoms with Crippen molar-refractivity contribution in [3.05, 3.63) is 58.3 Å². The van der Waals surface area contributed by atoms with Crippen LogP contribution < -0.4 is 14.9 Å². The highest BCUT2D eigenvalue weighted by molar-refractivity contribution is 9.10. The molecule has 0 spiro atoms. The van der Waals surface area contributed by atoms with Crippen LogP contribution in [0.15, 0.2) is 52.0 Å². The first-order valence-corrected chi connectivity index (χ1v) is 7.59. The molecule has 1 aliphatic rings. The molecule has 5 nitrogen and oxygen atoms in total. The van der Waals surface area contributed by atoms with Gasteiger partial charge in [-0.1, -0.05) is 28.1 Å². The van der Waals surface area contributed by atoms with Crippen LogP contribution >= 0.6 is 15.9 Å². The minimum atomic E-state index is -0.809. The topological polar surface area (TPSA) is 59.9 Å². The van der Waals surface area contributed by atoms with E-state index < -0.39 is 17.8 Å². The molecule has 118 valence electrons. The summed E-state index contributed by atoms with van der Waals surface area (Å²) in [5.74, 6) is 0.190. The lowest BCUT2D eigenvalue weighted by Gasteiger charge is -2.24. The monoisotopic (exact) mass is 378 g/mol. The molecule has 1 atom stereocenters. The molecule has 0 bridgehead atoms. The van der Waals surface area contributed by atoms with Gasteiger partial charge in [0.05, 0.1) is 6.21 Å². The number of ether oxygens (including phenoxy) is 2. The second kappa shape index (κ2) is 6.78. The molecule has 0 aliphatic carbocycles. The van der Waals surface area contributed by atoms with E-state index in [1.165, 1.54) is 12.3 Å². The summed E-state index contributed by atoms with van der Waals surface area (Å²) in [5, 5.41) is 3.75. The number of nitrogens with zero attached hydrogens (tertiary/aromatic N) is 1. The Kier molecular flexibility index (Phi) is 4.57. The fourth-order valence-electron chi connectivity index (χ4n) is 1.99. The highest BCUT2D eigenvalue weighted by atomic mass is 79.9. The molecule has 0 saturated carbocycles. The molecule has 0 fully saturated rings. The molecule has 1 N–H and O–H groups in total. The standard InChI is InChI=1S/C16H12BrFN2O3/c17-11-6-5-10(12(18)7-11)8-19-20-16(21)15-9-22-13-3-1-2-4-14(13)23-15/h1-8,15H,9H2,(H,20,21)/b19-8-/t15-/m1/s1. The van der Waals surface area contributed by atoms with Gasteiger partial charge in [-0.05, 0) is 30.3 Å². The highest BCUT2D eigenvalue weighted by Crippen LogP contribution is 2.30. The zero-order chi connectivity index (χ0) is 16.2. The van der Waals surface area contributed by atoms with E-state index in [0.717, 1.165) is 0 Å². The molecule has 7 heteroatoms. The Labute approximate surface area is 140 Å². The molecule has 23 heavy (non-hydrogen) atoms. The number of amides is 1. The number of benzene rings is 2. The summed E-state index contributed by atoms with van der Waals surface area (Å²) in [7, 11) is 0. The summed E-state index contributed by atoms with van der Waals surface area (Å²) in [6.45, 7) is 0.0883. The number of fused-ring (bicyclic) bond motifs is 1. The first kappa shape index (κ1) is 15.5. The van der Waals surface area contributed by atoms with E-state index in [1.807, 2.05) is 6.07 Å². The normalized spacial score (nSPS) is 16.3. The number of carbonyl (C=O) groups excluding carboxylic acids is 1. The highest BCUT2D eigenvalue weighted by Gasteiger charge is 2.26. The molecule has 0 aromatic heterocycles. The quantitative estimate of drug-likeness (QED) is 0.659. The lowest BCUT2D eigenvalue weighted by molar-refractivity contribution is -0.130. The summed E-state index contributed by atoms with van der Waals surface area (Å²) in [6, 6.07) is 11.6. The fourth-order valence-corrected chi connectivity index (χ4v) is 2.33. The van der Waals surface area contributed by atoms with Gasteiger partial charge in [-0.15, -0.1) is 0 Å². The zero-order valence-electron chi connectivity index (χ0n) is 11.8. The predicted molar refractivity (Wildman–Crippen MR) is 86.2 cm³/mol. The maximum Gasteiger partial charge on any atom is 0.284 e. The van der Waals surface area contributed by atoms with Crippen molar-refractivity contribution < 1.29 is 18.7 Å². The van der Waals surface area contributed by atoms with Crippen molar-refractivity contribution in [1.29, 1.82) is 0 Å². The third-order valence-electron chi connectivity index (χ3n) is 3.14. The fraction of sp³-hybridized carbons (Fsp3) is 0.125. The van der Waals surface area contributed by atoms with Crippen LogP contribution in [0.4, 0.5) is 4.39 Å². The van der Waals surface area contributed by atoms with Crippen LogP contribution in [0.1, 0.15) is 5.56 Å². The minimum Gasteiger partial charge on any atom is -0.485 e. The molecule has 0 unspecified atom stereocenters. The largest absolute Gasteiger partial charge is 0.485 e. The summed E-state index contributed by atoms with van der Waals surface area (Å²) in [4.78, 5) is 12.0. The number of carbonyl (C=O) groups is 1. The number of hydrazone groups is 1. The first-order valence-electron chi connectivity index (χ1n) is 6.80. The van der Waals surface area contributed by atoms with Gasteiger partial charge in [0.15, 0.2) is 11.5 Å². The van der Waals surface area contributed by atoms with E-state index in [9.17, 15) is 9.18 Å². The van der Waals surface area contributed by atoms with Crippen LogP contribution in [0, 0.1) is 5.82 Å². The minimum absolute atomic E-state index is 0.0883. The van der Waals surface area contributed by atoms with Crippen molar-refractivity contribution in [2.24, 2.45) is 5.10 Å². The van der Waals surface area contributed by atoms with Gasteiger partial charge in [0.2, 0.25) is 6.10 Å². The SMILES string of the molecule is O=C(N/N=C\c1ccc(Br)cc1F)[C@H]1COc2ccccc2O1. The summed E-state index contributed by atoms with van der Waals surface area (Å²) >= 11 is 3.17. The van der Waals surface area contributed by atoms with E-state index in [4.69, 9.17) is 9.47 Å². The number of nitrogens with one attached hydrogen (secondary N) is 1. The molecule has 1 heterocycles.